The number of nitrogen functional groups attached to an aromatic ring is 1. The number of nitrogens with one attached hydrogen (secondary N) is 1. The van der Waals surface area contributed by atoms with Crippen LogP contribution in [0.15, 0.2) is 53.5 Å². The van der Waals surface area contributed by atoms with Crippen LogP contribution < -0.4 is 15.8 Å². The molecule has 3 N–H and O–H groups in total. The molecular formula is C17H19N3O. The molecule has 108 valence electrons. The summed E-state index contributed by atoms with van der Waals surface area (Å²) in [6, 6.07) is 15.8. The molecule has 0 spiro atoms. The van der Waals surface area contributed by atoms with Gasteiger partial charge in [-0.1, -0.05) is 30.3 Å². The van der Waals surface area contributed by atoms with Gasteiger partial charge in [-0.3, -0.25) is 4.99 Å². The maximum absolute atomic E-state index is 6.09. The van der Waals surface area contributed by atoms with Crippen molar-refractivity contribution in [3.8, 4) is 16.9 Å². The van der Waals surface area contributed by atoms with E-state index in [1.54, 1.807) is 0 Å². The molecule has 0 saturated carbocycles. The Hall–Kier alpha value is -2.49. The number of aliphatic imine (C=N–C) groups is 1. The molecule has 0 bridgehead atoms. The van der Waals surface area contributed by atoms with Crippen LogP contribution in [0.2, 0.25) is 0 Å². The average Bonchev–Trinajstić information content (AvgIpc) is 3.02. The van der Waals surface area contributed by atoms with Gasteiger partial charge < -0.3 is 15.8 Å². The van der Waals surface area contributed by atoms with Gasteiger partial charge in [0.2, 0.25) is 0 Å². The van der Waals surface area contributed by atoms with E-state index in [9.17, 15) is 0 Å². The zero-order valence-electron chi connectivity index (χ0n) is 12.0. The third kappa shape index (κ3) is 2.99. The first-order valence-corrected chi connectivity index (χ1v) is 7.14. The summed E-state index contributed by atoms with van der Waals surface area (Å²) in [7, 11) is 0. The van der Waals surface area contributed by atoms with Crippen LogP contribution in [0, 0.1) is 0 Å². The Kier molecular flexibility index (Phi) is 3.77. The third-order valence-corrected chi connectivity index (χ3v) is 3.47. The fourth-order valence-electron chi connectivity index (χ4n) is 2.45. The predicted octanol–water partition coefficient (Wildman–Crippen LogP) is 2.70. The van der Waals surface area contributed by atoms with Crippen LogP contribution >= 0.6 is 0 Å². The van der Waals surface area contributed by atoms with Gasteiger partial charge >= 0.3 is 0 Å². The van der Waals surface area contributed by atoms with Crippen molar-refractivity contribution >= 4 is 11.5 Å². The summed E-state index contributed by atoms with van der Waals surface area (Å²) in [6.07, 6.45) is -0.0882. The highest BCUT2D eigenvalue weighted by molar-refractivity contribution is 5.88. The van der Waals surface area contributed by atoms with Gasteiger partial charge in [0.05, 0.1) is 6.54 Å². The van der Waals surface area contributed by atoms with Gasteiger partial charge in [-0.25, -0.2) is 0 Å². The highest BCUT2D eigenvalue weighted by atomic mass is 16.5. The maximum atomic E-state index is 6.09. The normalized spacial score (nSPS) is 15.2. The van der Waals surface area contributed by atoms with Gasteiger partial charge in [0.25, 0.3) is 0 Å². The maximum Gasteiger partial charge on any atom is 0.152 e. The summed E-state index contributed by atoms with van der Waals surface area (Å²) in [6.45, 7) is 3.72. The highest BCUT2D eigenvalue weighted by Crippen LogP contribution is 2.31. The topological polar surface area (TPSA) is 59.6 Å². The lowest BCUT2D eigenvalue weighted by atomic mass is 10.0. The van der Waals surface area contributed by atoms with Crippen LogP contribution in [0.5, 0.6) is 5.75 Å². The molecule has 4 nitrogen and oxygen atoms in total. The number of para-hydroxylation sites is 1. The number of hydrogen-bond donors (Lipinski definition) is 2. The Morgan fingerprint density at radius 2 is 2.05 bits per heavy atom. The Bertz CT molecular complexity index is 667. The highest BCUT2D eigenvalue weighted by Gasteiger charge is 2.17. The van der Waals surface area contributed by atoms with Crippen molar-refractivity contribution in [2.24, 2.45) is 4.99 Å². The molecule has 1 atom stereocenters. The standard InChI is InChI=1S/C17H19N3O/c1-12(17-19-9-10-20-17)21-16-8-3-2-7-15(16)13-5-4-6-14(18)11-13/h2-8,11-12H,9-10,18H2,1H3,(H,19,20)/t12-/m1/s1. The molecule has 2 aromatic rings. The van der Waals surface area contributed by atoms with Gasteiger partial charge in [0.1, 0.15) is 11.6 Å². The number of benzene rings is 2. The van der Waals surface area contributed by atoms with Crippen LogP contribution in [0.4, 0.5) is 5.69 Å². The first-order valence-electron chi connectivity index (χ1n) is 7.14. The van der Waals surface area contributed by atoms with Crippen molar-refractivity contribution in [2.75, 3.05) is 18.8 Å². The first-order chi connectivity index (χ1) is 10.2. The Morgan fingerprint density at radius 3 is 2.81 bits per heavy atom. The number of nitrogens with zero attached hydrogens (tertiary/aromatic N) is 1. The molecule has 0 fully saturated rings. The van der Waals surface area contributed by atoms with Crippen molar-refractivity contribution in [1.29, 1.82) is 0 Å². The van der Waals surface area contributed by atoms with Gasteiger partial charge in [-0.05, 0) is 30.7 Å². The molecule has 0 amide bonds. The monoisotopic (exact) mass is 281 g/mol. The summed E-state index contributed by atoms with van der Waals surface area (Å²) < 4.78 is 6.09. The van der Waals surface area contributed by atoms with Crippen molar-refractivity contribution in [3.05, 3.63) is 48.5 Å². The van der Waals surface area contributed by atoms with E-state index in [1.165, 1.54) is 0 Å². The van der Waals surface area contributed by atoms with E-state index in [4.69, 9.17) is 10.5 Å². The number of nitrogens with two attached hydrogens (primary N) is 1. The van der Waals surface area contributed by atoms with E-state index >= 15 is 0 Å². The molecule has 0 unspecified atom stereocenters. The van der Waals surface area contributed by atoms with E-state index in [-0.39, 0.29) is 6.10 Å². The molecule has 0 aromatic heterocycles. The van der Waals surface area contributed by atoms with E-state index < -0.39 is 0 Å². The van der Waals surface area contributed by atoms with Crippen LogP contribution in [0.1, 0.15) is 6.92 Å². The molecule has 1 heterocycles. The second kappa shape index (κ2) is 5.87. The molecule has 4 heteroatoms. The summed E-state index contributed by atoms with van der Waals surface area (Å²) in [5.74, 6) is 1.75. The molecule has 0 aliphatic carbocycles. The smallest absolute Gasteiger partial charge is 0.152 e. The Balaban J connectivity index is 1.89. The van der Waals surface area contributed by atoms with Crippen molar-refractivity contribution in [1.82, 2.24) is 5.32 Å². The molecule has 0 radical (unpaired) electrons. The van der Waals surface area contributed by atoms with E-state index in [0.29, 0.717) is 0 Å². The Labute approximate surface area is 124 Å². The molecule has 21 heavy (non-hydrogen) atoms. The minimum atomic E-state index is -0.0882. The second-order valence-corrected chi connectivity index (χ2v) is 5.08. The van der Waals surface area contributed by atoms with Crippen LogP contribution in [0.3, 0.4) is 0 Å². The van der Waals surface area contributed by atoms with Crippen molar-refractivity contribution in [3.63, 3.8) is 0 Å². The van der Waals surface area contributed by atoms with Gasteiger partial charge in [-0.2, -0.15) is 0 Å². The lowest BCUT2D eigenvalue weighted by Gasteiger charge is -2.18. The van der Waals surface area contributed by atoms with Gasteiger partial charge in [0.15, 0.2) is 6.10 Å². The summed E-state index contributed by atoms with van der Waals surface area (Å²) in [5.41, 5.74) is 8.72. The molecule has 1 aliphatic heterocycles. The average molecular weight is 281 g/mol. The number of rotatable bonds is 4. The third-order valence-electron chi connectivity index (χ3n) is 3.47. The van der Waals surface area contributed by atoms with E-state index in [2.05, 4.69) is 10.3 Å². The zero-order chi connectivity index (χ0) is 14.7. The lowest BCUT2D eigenvalue weighted by Crippen LogP contribution is -2.33. The van der Waals surface area contributed by atoms with Gasteiger partial charge in [-0.15, -0.1) is 0 Å². The fraction of sp³-hybridized carbons (Fsp3) is 0.235. The SMILES string of the molecule is C[C@@H](Oc1ccccc1-c1cccc(N)c1)C1=NCCN1. The summed E-state index contributed by atoms with van der Waals surface area (Å²) >= 11 is 0. The lowest BCUT2D eigenvalue weighted by molar-refractivity contribution is 0.285. The molecule has 3 rings (SSSR count). The van der Waals surface area contributed by atoms with Gasteiger partial charge in [0, 0.05) is 17.8 Å². The molecule has 1 aliphatic rings. The summed E-state index contributed by atoms with van der Waals surface area (Å²) in [5, 5.41) is 3.25. The van der Waals surface area contributed by atoms with Crippen LogP contribution in [-0.2, 0) is 0 Å². The van der Waals surface area contributed by atoms with Crippen LogP contribution in [-0.4, -0.2) is 25.0 Å². The summed E-state index contributed by atoms with van der Waals surface area (Å²) in [4.78, 5) is 4.41. The number of anilines is 1. The number of ether oxygens (including phenoxy) is 1. The second-order valence-electron chi connectivity index (χ2n) is 5.08. The molecule has 2 aromatic carbocycles. The van der Waals surface area contributed by atoms with Crippen LogP contribution in [0.25, 0.3) is 11.1 Å². The van der Waals surface area contributed by atoms with E-state index in [1.807, 2.05) is 55.5 Å². The molecule has 0 saturated heterocycles. The minimum absolute atomic E-state index is 0.0882. The molecular weight excluding hydrogens is 262 g/mol. The fourth-order valence-corrected chi connectivity index (χ4v) is 2.45. The zero-order valence-corrected chi connectivity index (χ0v) is 12.0. The minimum Gasteiger partial charge on any atom is -0.482 e. The first kappa shape index (κ1) is 13.5. The van der Waals surface area contributed by atoms with E-state index in [0.717, 1.165) is 41.5 Å². The number of hydrogen-bond acceptors (Lipinski definition) is 4. The van der Waals surface area contributed by atoms with Crippen molar-refractivity contribution in [2.45, 2.75) is 13.0 Å². The van der Waals surface area contributed by atoms with Crippen molar-refractivity contribution < 1.29 is 4.74 Å². The predicted molar refractivity (Wildman–Crippen MR) is 86.7 cm³/mol. The quantitative estimate of drug-likeness (QED) is 0.847. The largest absolute Gasteiger partial charge is 0.482 e. The Morgan fingerprint density at radius 1 is 1.19 bits per heavy atom. The number of amidine groups is 1.